The zero-order valence-electron chi connectivity index (χ0n) is 26.0. The van der Waals surface area contributed by atoms with E-state index in [9.17, 15) is 28.2 Å². The van der Waals surface area contributed by atoms with Gasteiger partial charge in [-0.05, 0) is 18.6 Å². The van der Waals surface area contributed by atoms with E-state index < -0.39 is 53.5 Å². The molecule has 18 heteroatoms. The van der Waals surface area contributed by atoms with Crippen molar-refractivity contribution in [1.82, 2.24) is 24.7 Å². The van der Waals surface area contributed by atoms with E-state index in [1.165, 1.54) is 22.5 Å². The van der Waals surface area contributed by atoms with Crippen LogP contribution < -0.4 is 15.4 Å². The van der Waals surface area contributed by atoms with Crippen LogP contribution in [0.15, 0.2) is 18.2 Å². The molecule has 3 N–H and O–H groups in total. The molecule has 0 radical (unpaired) electrons. The second-order valence-corrected chi connectivity index (χ2v) is 11.7. The fraction of sp³-hybridized carbons (Fsp3) is 0.621. The van der Waals surface area contributed by atoms with E-state index in [-0.39, 0.29) is 42.9 Å². The van der Waals surface area contributed by atoms with Gasteiger partial charge in [-0.2, -0.15) is 4.31 Å². The molecule has 5 amide bonds. The Kier molecular flexibility index (Phi) is 14.6. The van der Waals surface area contributed by atoms with Crippen molar-refractivity contribution in [3.8, 4) is 5.75 Å². The van der Waals surface area contributed by atoms with Crippen LogP contribution in [0.1, 0.15) is 33.6 Å². The number of nitrogens with one attached hydrogen (secondary N) is 2. The Morgan fingerprint density at radius 2 is 1.53 bits per heavy atom. The average molecular weight is 684 g/mol. The summed E-state index contributed by atoms with van der Waals surface area (Å²) in [6, 6.07) is 3.33. The molecule has 47 heavy (non-hydrogen) atoms. The van der Waals surface area contributed by atoms with Gasteiger partial charge in [0.25, 0.3) is 17.7 Å². The summed E-state index contributed by atoms with van der Waals surface area (Å²) in [7, 11) is 0. The number of benzene rings is 1. The normalized spacial score (nSPS) is 19.5. The molecule has 260 valence electrons. The van der Waals surface area contributed by atoms with E-state index in [2.05, 4.69) is 15.5 Å². The van der Waals surface area contributed by atoms with E-state index in [1.807, 2.05) is 0 Å². The van der Waals surface area contributed by atoms with Gasteiger partial charge in [-0.15, -0.1) is 0 Å². The summed E-state index contributed by atoms with van der Waals surface area (Å²) in [4.78, 5) is 65.0. The van der Waals surface area contributed by atoms with Gasteiger partial charge >= 0.3 is 0 Å². The molecule has 2 fully saturated rings. The van der Waals surface area contributed by atoms with Crippen molar-refractivity contribution in [2.24, 2.45) is 0 Å². The second kappa shape index (κ2) is 18.8. The lowest BCUT2D eigenvalue weighted by Gasteiger charge is -2.31. The van der Waals surface area contributed by atoms with Crippen LogP contribution in [0.5, 0.6) is 5.75 Å². The number of piperazine rings is 1. The van der Waals surface area contributed by atoms with Crippen LogP contribution in [0.3, 0.4) is 0 Å². The standard InChI is InChI=1S/C29H41N5O12S/c35-24-5-4-22(27(37)31-24)34-28(38)21-2-1-3-23(26(21)29(34)39)46-20-25(36)30-6-12-42-14-16-44-18-19-45-17-15-43-13-11-32-7-9-33(10-8-32)47(40)41/h1-3,22H,4-20H2,(H,30,36)(H,40,41)(H,31,35,37). The van der Waals surface area contributed by atoms with Gasteiger partial charge in [-0.25, -0.2) is 4.21 Å². The number of hydrogen-bond acceptors (Lipinski definition) is 12. The van der Waals surface area contributed by atoms with Gasteiger partial charge < -0.3 is 29.0 Å². The van der Waals surface area contributed by atoms with Crippen molar-refractivity contribution in [1.29, 1.82) is 0 Å². The highest BCUT2D eigenvalue weighted by molar-refractivity contribution is 7.76. The molecule has 1 aromatic rings. The molecule has 0 spiro atoms. The van der Waals surface area contributed by atoms with E-state index in [4.69, 9.17) is 28.2 Å². The summed E-state index contributed by atoms with van der Waals surface area (Å²) in [5.74, 6) is -2.96. The number of carbonyl (C=O) groups excluding carboxylic acids is 5. The summed E-state index contributed by atoms with van der Waals surface area (Å²) in [5, 5.41) is 4.79. The molecule has 4 rings (SSSR count). The molecule has 2 atom stereocenters. The maximum atomic E-state index is 13.1. The highest BCUT2D eigenvalue weighted by Crippen LogP contribution is 2.33. The van der Waals surface area contributed by atoms with E-state index in [1.54, 1.807) is 0 Å². The summed E-state index contributed by atoms with van der Waals surface area (Å²) in [5.41, 5.74) is 0.0348. The van der Waals surface area contributed by atoms with Crippen LogP contribution in [0.4, 0.5) is 0 Å². The lowest BCUT2D eigenvalue weighted by molar-refractivity contribution is -0.136. The molecule has 0 saturated carbocycles. The van der Waals surface area contributed by atoms with Crippen molar-refractivity contribution in [3.63, 3.8) is 0 Å². The van der Waals surface area contributed by atoms with Crippen LogP contribution in [-0.4, -0.2) is 157 Å². The van der Waals surface area contributed by atoms with Crippen molar-refractivity contribution < 1.29 is 56.4 Å². The Labute approximate surface area is 274 Å². The number of hydrogen-bond donors (Lipinski definition) is 3. The fourth-order valence-corrected chi connectivity index (χ4v) is 5.60. The molecule has 0 aliphatic carbocycles. The van der Waals surface area contributed by atoms with Crippen molar-refractivity contribution >= 4 is 40.8 Å². The minimum Gasteiger partial charge on any atom is -0.483 e. The van der Waals surface area contributed by atoms with E-state index in [0.29, 0.717) is 59.3 Å². The molecule has 2 unspecified atom stereocenters. The number of imide groups is 2. The smallest absolute Gasteiger partial charge is 0.266 e. The Bertz CT molecular complexity index is 1290. The monoisotopic (exact) mass is 683 g/mol. The third-order valence-corrected chi connectivity index (χ3v) is 8.38. The molecular formula is C29H41N5O12S. The van der Waals surface area contributed by atoms with Crippen molar-refractivity contribution in [2.75, 3.05) is 98.7 Å². The third kappa shape index (κ3) is 10.8. The second-order valence-electron chi connectivity index (χ2n) is 10.7. The van der Waals surface area contributed by atoms with Gasteiger partial charge in [0.1, 0.15) is 11.8 Å². The van der Waals surface area contributed by atoms with Crippen LogP contribution in [0.2, 0.25) is 0 Å². The quantitative estimate of drug-likeness (QED) is 0.0807. The fourth-order valence-electron chi connectivity index (χ4n) is 5.13. The minimum atomic E-state index is -1.90. The summed E-state index contributed by atoms with van der Waals surface area (Å²) >= 11 is -1.90. The van der Waals surface area contributed by atoms with Crippen LogP contribution in [0.25, 0.3) is 0 Å². The third-order valence-electron chi connectivity index (χ3n) is 7.58. The SMILES string of the molecule is O=C(COc1cccc2c1C(=O)N(C1CCC(=O)NC1=O)C2=O)NCCOCCOCCOCCOCCN1CCN(S(=O)O)CC1. The Morgan fingerprint density at radius 1 is 0.894 bits per heavy atom. The van der Waals surface area contributed by atoms with Gasteiger partial charge in [0.05, 0.1) is 64.0 Å². The predicted octanol–water partition coefficient (Wildman–Crippen LogP) is -1.60. The maximum Gasteiger partial charge on any atom is 0.266 e. The number of ether oxygens (including phenoxy) is 5. The molecule has 3 aliphatic heterocycles. The molecule has 17 nitrogen and oxygen atoms in total. The Balaban J connectivity index is 0.980. The van der Waals surface area contributed by atoms with Gasteiger partial charge in [0.15, 0.2) is 6.61 Å². The van der Waals surface area contributed by atoms with Crippen LogP contribution in [-0.2, 0) is 44.6 Å². The van der Waals surface area contributed by atoms with Crippen molar-refractivity contribution in [3.05, 3.63) is 29.3 Å². The first kappa shape index (κ1) is 36.5. The maximum absolute atomic E-state index is 13.1. The van der Waals surface area contributed by atoms with Gasteiger partial charge in [-0.3, -0.25) is 43.6 Å². The number of nitrogens with zero attached hydrogens (tertiary/aromatic N) is 3. The lowest BCUT2D eigenvalue weighted by Crippen LogP contribution is -2.54. The van der Waals surface area contributed by atoms with E-state index >= 15 is 0 Å². The average Bonchev–Trinajstić information content (AvgIpc) is 3.31. The van der Waals surface area contributed by atoms with Crippen LogP contribution >= 0.6 is 0 Å². The lowest BCUT2D eigenvalue weighted by atomic mass is 10.0. The Hall–Kier alpha value is -3.36. The Morgan fingerprint density at radius 3 is 2.17 bits per heavy atom. The highest BCUT2D eigenvalue weighted by atomic mass is 32.2. The largest absolute Gasteiger partial charge is 0.483 e. The van der Waals surface area contributed by atoms with E-state index in [0.717, 1.165) is 24.5 Å². The molecule has 0 aromatic heterocycles. The first-order valence-corrected chi connectivity index (χ1v) is 16.5. The number of piperidine rings is 1. The van der Waals surface area contributed by atoms with Crippen molar-refractivity contribution in [2.45, 2.75) is 18.9 Å². The summed E-state index contributed by atoms with van der Waals surface area (Å²) in [6.07, 6.45) is 0.0482. The summed E-state index contributed by atoms with van der Waals surface area (Å²) < 4.78 is 49.1. The summed E-state index contributed by atoms with van der Waals surface area (Å²) in [6.45, 7) is 6.40. The molecule has 3 aliphatic rings. The van der Waals surface area contributed by atoms with Crippen LogP contribution in [0, 0.1) is 0 Å². The van der Waals surface area contributed by atoms with Gasteiger partial charge in [0.2, 0.25) is 23.1 Å². The zero-order chi connectivity index (χ0) is 33.6. The molecule has 0 bridgehead atoms. The molecule has 3 heterocycles. The topological polar surface area (TPSA) is 203 Å². The first-order chi connectivity index (χ1) is 22.8. The number of rotatable bonds is 20. The number of carbonyl (C=O) groups is 5. The molecule has 2 saturated heterocycles. The molecular weight excluding hydrogens is 642 g/mol. The zero-order valence-corrected chi connectivity index (χ0v) is 26.8. The first-order valence-electron chi connectivity index (χ1n) is 15.4. The molecule has 1 aromatic carbocycles. The minimum absolute atomic E-state index is 0.0116. The number of fused-ring (bicyclic) bond motifs is 1. The predicted molar refractivity (Wildman–Crippen MR) is 164 cm³/mol. The highest BCUT2D eigenvalue weighted by Gasteiger charge is 2.46. The number of amides is 5. The van der Waals surface area contributed by atoms with Gasteiger partial charge in [0, 0.05) is 45.7 Å². The van der Waals surface area contributed by atoms with Gasteiger partial charge in [-0.1, -0.05) is 6.07 Å².